The zero-order valence-electron chi connectivity index (χ0n) is 19.6. The van der Waals surface area contributed by atoms with Crippen LogP contribution in [0.1, 0.15) is 23.6 Å². The Labute approximate surface area is 216 Å². The number of aryl methyl sites for hydroxylation is 1. The smallest absolute Gasteiger partial charge is 0.406 e. The molecule has 0 aliphatic carbocycles. The van der Waals surface area contributed by atoms with Crippen LogP contribution in [0.4, 0.5) is 18.0 Å². The first-order chi connectivity index (χ1) is 17.7. The van der Waals surface area contributed by atoms with Crippen molar-refractivity contribution in [2.45, 2.75) is 26.3 Å². The molecule has 1 heterocycles. The Morgan fingerprint density at radius 1 is 1.03 bits per heavy atom. The summed E-state index contributed by atoms with van der Waals surface area (Å²) in [4.78, 5) is 17.0. The molecule has 3 aromatic carbocycles. The van der Waals surface area contributed by atoms with E-state index in [0.29, 0.717) is 23.0 Å². The van der Waals surface area contributed by atoms with Gasteiger partial charge in [0.25, 0.3) is 0 Å². The van der Waals surface area contributed by atoms with Crippen molar-refractivity contribution in [1.82, 2.24) is 25.4 Å². The van der Waals surface area contributed by atoms with Gasteiger partial charge in [-0.15, -0.1) is 18.3 Å². The zero-order valence-corrected chi connectivity index (χ0v) is 20.4. The molecule has 0 aliphatic rings. The predicted molar refractivity (Wildman–Crippen MR) is 136 cm³/mol. The van der Waals surface area contributed by atoms with E-state index in [-0.39, 0.29) is 5.75 Å². The fraction of sp³-hybridized carbons (Fsp3) is 0.154. The van der Waals surface area contributed by atoms with Crippen molar-refractivity contribution in [2.75, 3.05) is 0 Å². The summed E-state index contributed by atoms with van der Waals surface area (Å²) in [5.41, 5.74) is 4.02. The van der Waals surface area contributed by atoms with Crippen LogP contribution < -0.4 is 15.4 Å². The third-order valence-corrected chi connectivity index (χ3v) is 5.68. The summed E-state index contributed by atoms with van der Waals surface area (Å²) in [6, 6.07) is 19.9. The van der Waals surface area contributed by atoms with Crippen LogP contribution in [0.2, 0.25) is 0 Å². The van der Waals surface area contributed by atoms with Gasteiger partial charge in [-0.25, -0.2) is 14.5 Å². The molecule has 7 nitrogen and oxygen atoms in total. The molecule has 190 valence electrons. The van der Waals surface area contributed by atoms with Crippen molar-refractivity contribution in [3.8, 4) is 22.8 Å². The molecule has 4 rings (SSSR count). The second kappa shape index (κ2) is 11.2. The van der Waals surface area contributed by atoms with Gasteiger partial charge in [-0.3, -0.25) is 5.32 Å². The van der Waals surface area contributed by atoms with Gasteiger partial charge >= 0.3 is 12.4 Å². The van der Waals surface area contributed by atoms with Gasteiger partial charge in [0.15, 0.2) is 5.82 Å². The number of urea groups is 1. The van der Waals surface area contributed by atoms with Crippen molar-refractivity contribution < 1.29 is 22.7 Å². The molecule has 37 heavy (non-hydrogen) atoms. The van der Waals surface area contributed by atoms with Gasteiger partial charge in [0.2, 0.25) is 0 Å². The Bertz CT molecular complexity index is 1390. The molecular formula is C26H22F3N5O2S. The van der Waals surface area contributed by atoms with E-state index in [1.165, 1.54) is 35.3 Å². The Balaban J connectivity index is 1.33. The number of carbonyl (C=O) groups excluding carboxylic acids is 1. The van der Waals surface area contributed by atoms with Gasteiger partial charge in [-0.2, -0.15) is 0 Å². The number of aromatic nitrogens is 3. The van der Waals surface area contributed by atoms with E-state index in [9.17, 15) is 18.0 Å². The first-order valence-electron chi connectivity index (χ1n) is 11.3. The Kier molecular flexibility index (Phi) is 7.83. The topological polar surface area (TPSA) is 81.1 Å². The van der Waals surface area contributed by atoms with Gasteiger partial charge in [0.1, 0.15) is 17.1 Å². The first-order valence-corrected chi connectivity index (χ1v) is 11.7. The highest BCUT2D eigenvalue weighted by Gasteiger charge is 2.31. The molecule has 1 aromatic heterocycles. The first kappa shape index (κ1) is 25.8. The van der Waals surface area contributed by atoms with E-state index in [4.69, 9.17) is 12.2 Å². The SMILES string of the molecule is CCc1ccccc1C(=S)NC(=O)NCc1ccc(-c2ncn(-c3ccc(OC(F)(F)F)cc3)n2)cc1. The highest BCUT2D eigenvalue weighted by atomic mass is 32.1. The van der Waals surface area contributed by atoms with E-state index < -0.39 is 12.4 Å². The standard InChI is InChI=1S/C26H22F3N5O2S/c1-2-18-5-3-4-6-22(18)24(37)32-25(35)30-15-17-7-9-19(10-8-17)23-31-16-34(33-23)20-11-13-21(14-12-20)36-26(27,28)29/h3-14,16H,2,15H2,1H3,(H2,30,32,35,37). The molecule has 0 saturated carbocycles. The summed E-state index contributed by atoms with van der Waals surface area (Å²) < 4.78 is 42.3. The quantitative estimate of drug-likeness (QED) is 0.309. The van der Waals surface area contributed by atoms with Crippen molar-refractivity contribution in [1.29, 1.82) is 0 Å². The van der Waals surface area contributed by atoms with Crippen molar-refractivity contribution in [3.63, 3.8) is 0 Å². The number of hydrogen-bond acceptors (Lipinski definition) is 5. The molecule has 4 aromatic rings. The van der Waals surface area contributed by atoms with E-state index in [2.05, 4.69) is 25.5 Å². The van der Waals surface area contributed by atoms with Gasteiger partial charge in [0.05, 0.1) is 5.69 Å². The fourth-order valence-corrected chi connectivity index (χ4v) is 3.83. The van der Waals surface area contributed by atoms with Crippen molar-refractivity contribution in [3.05, 3.63) is 95.8 Å². The Hall–Kier alpha value is -4.25. The van der Waals surface area contributed by atoms with E-state index in [0.717, 1.165) is 28.7 Å². The minimum atomic E-state index is -4.75. The number of alkyl halides is 3. The van der Waals surface area contributed by atoms with Crippen LogP contribution in [0, 0.1) is 0 Å². The van der Waals surface area contributed by atoms with Crippen LogP contribution in [-0.4, -0.2) is 32.1 Å². The highest BCUT2D eigenvalue weighted by molar-refractivity contribution is 7.80. The molecular weight excluding hydrogens is 503 g/mol. The number of nitrogens with zero attached hydrogens (tertiary/aromatic N) is 3. The van der Waals surface area contributed by atoms with Crippen LogP contribution in [0.5, 0.6) is 5.75 Å². The maximum atomic E-state index is 12.3. The zero-order chi connectivity index (χ0) is 26.4. The Morgan fingerprint density at radius 3 is 2.41 bits per heavy atom. The minimum absolute atomic E-state index is 0.290. The van der Waals surface area contributed by atoms with Gasteiger partial charge in [-0.05, 0) is 41.8 Å². The molecule has 11 heteroatoms. The number of nitrogens with one attached hydrogen (secondary N) is 2. The molecule has 2 amide bonds. The predicted octanol–water partition coefficient (Wildman–Crippen LogP) is 5.57. The summed E-state index contributed by atoms with van der Waals surface area (Å²) in [7, 11) is 0. The van der Waals surface area contributed by atoms with E-state index >= 15 is 0 Å². The van der Waals surface area contributed by atoms with Crippen LogP contribution >= 0.6 is 12.2 Å². The van der Waals surface area contributed by atoms with Crippen molar-refractivity contribution >= 4 is 23.2 Å². The van der Waals surface area contributed by atoms with Crippen LogP contribution in [0.3, 0.4) is 0 Å². The highest BCUT2D eigenvalue weighted by Crippen LogP contribution is 2.24. The fourth-order valence-electron chi connectivity index (χ4n) is 3.54. The van der Waals surface area contributed by atoms with E-state index in [1.807, 2.05) is 55.5 Å². The number of amides is 2. The number of hydrogen-bond donors (Lipinski definition) is 2. The van der Waals surface area contributed by atoms with Gasteiger partial charge in [-0.1, -0.05) is 67.7 Å². The second-order valence-electron chi connectivity index (χ2n) is 7.90. The van der Waals surface area contributed by atoms with Crippen LogP contribution in [0.25, 0.3) is 17.1 Å². The van der Waals surface area contributed by atoms with Crippen molar-refractivity contribution in [2.24, 2.45) is 0 Å². The lowest BCUT2D eigenvalue weighted by atomic mass is 10.1. The molecule has 0 spiro atoms. The van der Waals surface area contributed by atoms with Gasteiger partial charge < -0.3 is 10.1 Å². The average Bonchev–Trinajstić information content (AvgIpc) is 3.37. The number of halogens is 3. The van der Waals surface area contributed by atoms with Gasteiger partial charge in [0, 0.05) is 17.7 Å². The molecule has 0 aliphatic heterocycles. The van der Waals surface area contributed by atoms with E-state index in [1.54, 1.807) is 0 Å². The summed E-state index contributed by atoms with van der Waals surface area (Å²) in [5, 5.41) is 9.88. The minimum Gasteiger partial charge on any atom is -0.406 e. The average molecular weight is 526 g/mol. The molecule has 0 radical (unpaired) electrons. The molecule has 0 unspecified atom stereocenters. The summed E-state index contributed by atoms with van der Waals surface area (Å²) in [6.45, 7) is 2.32. The number of carbonyl (C=O) groups is 1. The summed E-state index contributed by atoms with van der Waals surface area (Å²) in [6.07, 6.45) is -2.47. The normalized spacial score (nSPS) is 11.1. The molecule has 0 saturated heterocycles. The number of rotatable bonds is 7. The molecule has 2 N–H and O–H groups in total. The maximum Gasteiger partial charge on any atom is 0.573 e. The number of benzene rings is 3. The summed E-state index contributed by atoms with van der Waals surface area (Å²) in [5.74, 6) is 0.120. The molecule has 0 atom stereocenters. The largest absolute Gasteiger partial charge is 0.573 e. The number of thiocarbonyl (C=S) groups is 1. The summed E-state index contributed by atoms with van der Waals surface area (Å²) >= 11 is 5.38. The number of ether oxygens (including phenoxy) is 1. The lowest BCUT2D eigenvalue weighted by Gasteiger charge is -2.11. The lowest BCUT2D eigenvalue weighted by molar-refractivity contribution is -0.274. The Morgan fingerprint density at radius 2 is 1.73 bits per heavy atom. The van der Waals surface area contributed by atoms with Crippen LogP contribution in [-0.2, 0) is 13.0 Å². The monoisotopic (exact) mass is 525 g/mol. The lowest BCUT2D eigenvalue weighted by Crippen LogP contribution is -2.38. The molecule has 0 fully saturated rings. The maximum absolute atomic E-state index is 12.3. The third kappa shape index (κ3) is 6.91. The third-order valence-electron chi connectivity index (χ3n) is 5.36. The van der Waals surface area contributed by atoms with Crippen LogP contribution in [0.15, 0.2) is 79.1 Å². The second-order valence-corrected chi connectivity index (χ2v) is 8.31. The molecule has 0 bridgehead atoms.